The Morgan fingerprint density at radius 2 is 2.11 bits per heavy atom. The second-order valence-electron chi connectivity index (χ2n) is 4.60. The van der Waals surface area contributed by atoms with Crippen LogP contribution < -0.4 is 10.2 Å². The monoisotopic (exact) mass is 287 g/mol. The van der Waals surface area contributed by atoms with E-state index in [2.05, 4.69) is 36.5 Å². The van der Waals surface area contributed by atoms with E-state index in [4.69, 9.17) is 4.42 Å². The van der Waals surface area contributed by atoms with Crippen molar-refractivity contribution in [2.24, 2.45) is 0 Å². The van der Waals surface area contributed by atoms with Crippen LogP contribution >= 0.6 is 11.8 Å². The molecule has 0 spiro atoms. The Hall–Kier alpha value is -1.08. The Labute approximate surface area is 118 Å². The van der Waals surface area contributed by atoms with Crippen molar-refractivity contribution < 1.29 is 14.1 Å². The van der Waals surface area contributed by atoms with Gasteiger partial charge in [0.15, 0.2) is 6.04 Å². The molecule has 0 saturated carbocycles. The number of hydrogen-bond donors (Lipinski definition) is 2. The number of nitrogens with zero attached hydrogens (tertiary/aromatic N) is 2. The highest BCUT2D eigenvalue weighted by Gasteiger charge is 2.24. The van der Waals surface area contributed by atoms with Crippen LogP contribution in [0.5, 0.6) is 0 Å². The normalized spacial score (nSPS) is 14.4. The topological polar surface area (TPSA) is 72.5 Å². The Morgan fingerprint density at radius 1 is 1.42 bits per heavy atom. The molecule has 7 heteroatoms. The maximum atomic E-state index is 11.6. The van der Waals surface area contributed by atoms with Gasteiger partial charge >= 0.3 is 0 Å². The lowest BCUT2D eigenvalue weighted by atomic mass is 10.2. The molecular formula is C12H23N4O2S+. The van der Waals surface area contributed by atoms with Crippen LogP contribution in [0.1, 0.15) is 39.1 Å². The van der Waals surface area contributed by atoms with Crippen molar-refractivity contribution in [1.29, 1.82) is 0 Å². The van der Waals surface area contributed by atoms with Gasteiger partial charge in [0.1, 0.15) is 0 Å². The van der Waals surface area contributed by atoms with Gasteiger partial charge in [-0.05, 0) is 13.8 Å². The Kier molecular flexibility index (Phi) is 6.30. The SMILES string of the molecule is CCNC(=O)[C@H](C)Sc1nnc([C@H](CC)[NH+](C)C)o1. The fraction of sp³-hybridized carbons (Fsp3) is 0.750. The minimum Gasteiger partial charge on any atom is -0.410 e. The van der Waals surface area contributed by atoms with Gasteiger partial charge in [0, 0.05) is 13.0 Å². The fourth-order valence-electron chi connectivity index (χ4n) is 1.76. The molecule has 0 aliphatic carbocycles. The summed E-state index contributed by atoms with van der Waals surface area (Å²) in [5.74, 6) is 0.616. The molecule has 0 aliphatic rings. The summed E-state index contributed by atoms with van der Waals surface area (Å²) in [6.45, 7) is 6.44. The van der Waals surface area contributed by atoms with Crippen molar-refractivity contribution in [3.8, 4) is 0 Å². The molecule has 1 aromatic heterocycles. The molecule has 1 aromatic rings. The summed E-state index contributed by atoms with van der Waals surface area (Å²) in [5.41, 5.74) is 0. The van der Waals surface area contributed by atoms with Crippen molar-refractivity contribution in [2.75, 3.05) is 20.6 Å². The number of quaternary nitrogens is 1. The van der Waals surface area contributed by atoms with Crippen LogP contribution in [0.2, 0.25) is 0 Å². The van der Waals surface area contributed by atoms with E-state index in [9.17, 15) is 4.79 Å². The number of nitrogens with one attached hydrogen (secondary N) is 2. The fourth-order valence-corrected chi connectivity index (χ4v) is 2.48. The molecule has 0 unspecified atom stereocenters. The first-order chi connectivity index (χ1) is 8.99. The second-order valence-corrected chi connectivity index (χ2v) is 5.89. The van der Waals surface area contributed by atoms with Gasteiger partial charge in [0.05, 0.1) is 19.3 Å². The van der Waals surface area contributed by atoms with E-state index < -0.39 is 0 Å². The smallest absolute Gasteiger partial charge is 0.277 e. The van der Waals surface area contributed by atoms with Gasteiger partial charge in [-0.15, -0.1) is 10.2 Å². The van der Waals surface area contributed by atoms with Gasteiger partial charge in [-0.25, -0.2) is 0 Å². The summed E-state index contributed by atoms with van der Waals surface area (Å²) in [5, 5.41) is 11.1. The van der Waals surface area contributed by atoms with E-state index in [1.807, 2.05) is 13.8 Å². The van der Waals surface area contributed by atoms with Gasteiger partial charge in [0.2, 0.25) is 5.91 Å². The highest BCUT2D eigenvalue weighted by atomic mass is 32.2. The first-order valence-corrected chi connectivity index (χ1v) is 7.45. The lowest BCUT2D eigenvalue weighted by Crippen LogP contribution is -3.06. The molecular weight excluding hydrogens is 264 g/mol. The lowest BCUT2D eigenvalue weighted by Gasteiger charge is -2.15. The van der Waals surface area contributed by atoms with Crippen LogP contribution in [0.4, 0.5) is 0 Å². The minimum absolute atomic E-state index is 0.0162. The maximum Gasteiger partial charge on any atom is 0.277 e. The molecule has 6 nitrogen and oxygen atoms in total. The number of carbonyl (C=O) groups is 1. The second kappa shape index (κ2) is 7.49. The predicted molar refractivity (Wildman–Crippen MR) is 74.1 cm³/mol. The van der Waals surface area contributed by atoms with Crippen LogP contribution in [0, 0.1) is 0 Å². The van der Waals surface area contributed by atoms with Crippen LogP contribution in [-0.2, 0) is 4.79 Å². The van der Waals surface area contributed by atoms with Gasteiger partial charge in [-0.3, -0.25) is 4.79 Å². The zero-order valence-corrected chi connectivity index (χ0v) is 13.0. The molecule has 1 heterocycles. The number of amides is 1. The maximum absolute atomic E-state index is 11.6. The van der Waals surface area contributed by atoms with E-state index in [1.165, 1.54) is 16.7 Å². The Morgan fingerprint density at radius 3 is 2.63 bits per heavy atom. The zero-order chi connectivity index (χ0) is 14.4. The van der Waals surface area contributed by atoms with Crippen molar-refractivity contribution in [3.63, 3.8) is 0 Å². The molecule has 0 saturated heterocycles. The lowest BCUT2D eigenvalue weighted by molar-refractivity contribution is -0.894. The molecule has 0 radical (unpaired) electrons. The van der Waals surface area contributed by atoms with Crippen molar-refractivity contribution >= 4 is 17.7 Å². The summed E-state index contributed by atoms with van der Waals surface area (Å²) in [6.07, 6.45) is 0.931. The summed E-state index contributed by atoms with van der Waals surface area (Å²) in [6, 6.07) is 0.196. The van der Waals surface area contributed by atoms with E-state index in [0.717, 1.165) is 6.42 Å². The molecule has 2 N–H and O–H groups in total. The summed E-state index contributed by atoms with van der Waals surface area (Å²) < 4.78 is 5.64. The molecule has 108 valence electrons. The van der Waals surface area contributed by atoms with E-state index in [0.29, 0.717) is 17.7 Å². The van der Waals surface area contributed by atoms with Gasteiger partial charge in [-0.2, -0.15) is 0 Å². The average molecular weight is 287 g/mol. The number of thioether (sulfide) groups is 1. The molecule has 1 amide bonds. The number of aromatic nitrogens is 2. The molecule has 19 heavy (non-hydrogen) atoms. The number of hydrogen-bond acceptors (Lipinski definition) is 5. The van der Waals surface area contributed by atoms with Crippen LogP contribution in [0.25, 0.3) is 0 Å². The van der Waals surface area contributed by atoms with Crippen molar-refractivity contribution in [3.05, 3.63) is 5.89 Å². The van der Waals surface area contributed by atoms with Gasteiger partial charge in [0.25, 0.3) is 11.1 Å². The van der Waals surface area contributed by atoms with Crippen LogP contribution in [0.3, 0.4) is 0 Å². The van der Waals surface area contributed by atoms with Gasteiger partial charge < -0.3 is 14.6 Å². The largest absolute Gasteiger partial charge is 0.410 e. The molecule has 0 aliphatic heterocycles. The van der Waals surface area contributed by atoms with E-state index in [1.54, 1.807) is 0 Å². The number of carbonyl (C=O) groups excluding carboxylic acids is 1. The summed E-state index contributed by atoms with van der Waals surface area (Å²) >= 11 is 1.29. The third-order valence-electron chi connectivity index (χ3n) is 2.82. The van der Waals surface area contributed by atoms with Crippen LogP contribution in [-0.4, -0.2) is 42.0 Å². The predicted octanol–water partition coefficient (Wildman–Crippen LogP) is 0.282. The quantitative estimate of drug-likeness (QED) is 0.705. The van der Waals surface area contributed by atoms with E-state index >= 15 is 0 Å². The van der Waals surface area contributed by atoms with Crippen LogP contribution in [0.15, 0.2) is 9.64 Å². The van der Waals surface area contributed by atoms with E-state index in [-0.39, 0.29) is 17.2 Å². The number of rotatable bonds is 7. The third kappa shape index (κ3) is 4.50. The highest BCUT2D eigenvalue weighted by molar-refractivity contribution is 8.00. The van der Waals surface area contributed by atoms with Crippen molar-refractivity contribution in [2.45, 2.75) is 43.7 Å². The zero-order valence-electron chi connectivity index (χ0n) is 12.2. The third-order valence-corrected chi connectivity index (χ3v) is 3.76. The molecule has 0 bridgehead atoms. The molecule has 0 fully saturated rings. The standard InChI is InChI=1S/C12H22N4O2S/c1-6-9(16(4)5)11-14-15-12(18-11)19-8(3)10(17)13-7-2/h8-9H,6-7H2,1-5H3,(H,13,17)/p+1/t8-,9-/m0/s1. The Balaban J connectivity index is 2.67. The summed E-state index contributed by atoms with van der Waals surface area (Å²) in [7, 11) is 4.12. The molecule has 2 atom stereocenters. The average Bonchev–Trinajstić information content (AvgIpc) is 2.78. The van der Waals surface area contributed by atoms with Gasteiger partial charge in [-0.1, -0.05) is 18.7 Å². The minimum atomic E-state index is -0.236. The first-order valence-electron chi connectivity index (χ1n) is 6.57. The summed E-state index contributed by atoms with van der Waals surface area (Å²) in [4.78, 5) is 12.9. The molecule has 0 aromatic carbocycles. The Bertz CT molecular complexity index is 408. The first kappa shape index (κ1) is 16.0. The highest BCUT2D eigenvalue weighted by Crippen LogP contribution is 2.23. The molecule has 1 rings (SSSR count). The van der Waals surface area contributed by atoms with Crippen molar-refractivity contribution in [1.82, 2.24) is 15.5 Å².